The van der Waals surface area contributed by atoms with Crippen molar-refractivity contribution in [3.63, 3.8) is 0 Å². The molecule has 0 saturated carbocycles. The van der Waals surface area contributed by atoms with Crippen molar-refractivity contribution in [2.24, 2.45) is 0 Å². The lowest BCUT2D eigenvalue weighted by atomic mass is 10.1. The lowest BCUT2D eigenvalue weighted by Crippen LogP contribution is -2.14. The third kappa shape index (κ3) is 2.03. The summed E-state index contributed by atoms with van der Waals surface area (Å²) < 4.78 is 7.11. The standard InChI is InChI=1S/C15H16N2O2/c1-19-15(18)12-9-14(11-5-4-7-16-10-11)17-8-3-2-6-13(12)17/h4-5,7,9-10H,2-3,6,8H2,1H3. The number of aromatic nitrogens is 2. The van der Waals surface area contributed by atoms with E-state index in [0.29, 0.717) is 5.56 Å². The second-order valence-electron chi connectivity index (χ2n) is 4.73. The Morgan fingerprint density at radius 2 is 2.32 bits per heavy atom. The minimum absolute atomic E-state index is 0.249. The number of hydrogen-bond donors (Lipinski definition) is 0. The zero-order valence-corrected chi connectivity index (χ0v) is 10.9. The number of methoxy groups -OCH3 is 1. The molecular formula is C15H16N2O2. The summed E-state index contributed by atoms with van der Waals surface area (Å²) in [7, 11) is 1.43. The molecule has 0 spiro atoms. The van der Waals surface area contributed by atoms with Gasteiger partial charge in [0.2, 0.25) is 0 Å². The molecule has 0 aliphatic carbocycles. The van der Waals surface area contributed by atoms with E-state index in [9.17, 15) is 4.79 Å². The Morgan fingerprint density at radius 3 is 3.05 bits per heavy atom. The van der Waals surface area contributed by atoms with Crippen molar-refractivity contribution < 1.29 is 9.53 Å². The summed E-state index contributed by atoms with van der Waals surface area (Å²) in [6.45, 7) is 0.955. The third-order valence-electron chi connectivity index (χ3n) is 3.62. The number of nitrogens with zero attached hydrogens (tertiary/aromatic N) is 2. The van der Waals surface area contributed by atoms with Crippen molar-refractivity contribution >= 4 is 5.97 Å². The van der Waals surface area contributed by atoms with Gasteiger partial charge in [0.05, 0.1) is 18.4 Å². The van der Waals surface area contributed by atoms with Crippen LogP contribution in [0.1, 0.15) is 28.9 Å². The van der Waals surface area contributed by atoms with Gasteiger partial charge in [-0.25, -0.2) is 4.79 Å². The van der Waals surface area contributed by atoms with Crippen LogP contribution >= 0.6 is 0 Å². The second-order valence-corrected chi connectivity index (χ2v) is 4.73. The van der Waals surface area contributed by atoms with E-state index in [2.05, 4.69) is 9.55 Å². The molecule has 0 atom stereocenters. The smallest absolute Gasteiger partial charge is 0.339 e. The maximum Gasteiger partial charge on any atom is 0.339 e. The summed E-state index contributed by atoms with van der Waals surface area (Å²) in [6, 6.07) is 5.87. The SMILES string of the molecule is COC(=O)c1cc(-c2cccnc2)n2c1CCCC2. The number of rotatable bonds is 2. The molecule has 0 bridgehead atoms. The summed E-state index contributed by atoms with van der Waals surface area (Å²) in [4.78, 5) is 16.0. The Bertz CT molecular complexity index is 602. The van der Waals surface area contributed by atoms with Crippen LogP contribution in [0.25, 0.3) is 11.3 Å². The summed E-state index contributed by atoms with van der Waals surface area (Å²) in [5.74, 6) is -0.249. The van der Waals surface area contributed by atoms with E-state index < -0.39 is 0 Å². The molecule has 3 rings (SSSR count). The molecule has 2 aromatic heterocycles. The van der Waals surface area contributed by atoms with E-state index in [4.69, 9.17) is 4.74 Å². The molecule has 19 heavy (non-hydrogen) atoms. The minimum Gasteiger partial charge on any atom is -0.465 e. The topological polar surface area (TPSA) is 44.1 Å². The highest BCUT2D eigenvalue weighted by molar-refractivity contribution is 5.92. The fourth-order valence-electron chi connectivity index (χ4n) is 2.72. The lowest BCUT2D eigenvalue weighted by molar-refractivity contribution is 0.0599. The van der Waals surface area contributed by atoms with Gasteiger partial charge in [0.1, 0.15) is 0 Å². The summed E-state index contributed by atoms with van der Waals surface area (Å²) in [6.07, 6.45) is 6.80. The third-order valence-corrected chi connectivity index (χ3v) is 3.62. The summed E-state index contributed by atoms with van der Waals surface area (Å²) >= 11 is 0. The van der Waals surface area contributed by atoms with Gasteiger partial charge in [-0.3, -0.25) is 4.98 Å². The Balaban J connectivity index is 2.15. The van der Waals surface area contributed by atoms with Crippen LogP contribution in [0.5, 0.6) is 0 Å². The zero-order valence-electron chi connectivity index (χ0n) is 10.9. The van der Waals surface area contributed by atoms with Crippen LogP contribution in [-0.4, -0.2) is 22.6 Å². The average molecular weight is 256 g/mol. The fraction of sp³-hybridized carbons (Fsp3) is 0.333. The van der Waals surface area contributed by atoms with E-state index in [0.717, 1.165) is 42.8 Å². The van der Waals surface area contributed by atoms with Crippen molar-refractivity contribution in [2.45, 2.75) is 25.8 Å². The van der Waals surface area contributed by atoms with Gasteiger partial charge in [0.15, 0.2) is 0 Å². The first-order valence-electron chi connectivity index (χ1n) is 6.52. The van der Waals surface area contributed by atoms with Crippen LogP contribution in [-0.2, 0) is 17.7 Å². The number of carbonyl (C=O) groups is 1. The van der Waals surface area contributed by atoms with Crippen molar-refractivity contribution in [1.82, 2.24) is 9.55 Å². The van der Waals surface area contributed by atoms with Gasteiger partial charge >= 0.3 is 5.97 Å². The van der Waals surface area contributed by atoms with E-state index in [1.165, 1.54) is 7.11 Å². The first kappa shape index (κ1) is 12.0. The van der Waals surface area contributed by atoms with Gasteiger partial charge in [-0.2, -0.15) is 0 Å². The van der Waals surface area contributed by atoms with E-state index in [-0.39, 0.29) is 5.97 Å². The Labute approximate surface area is 112 Å². The molecule has 4 heteroatoms. The summed E-state index contributed by atoms with van der Waals surface area (Å²) in [5, 5.41) is 0. The molecule has 0 fully saturated rings. The highest BCUT2D eigenvalue weighted by Gasteiger charge is 2.23. The molecule has 0 radical (unpaired) electrons. The predicted octanol–water partition coefficient (Wildman–Crippen LogP) is 2.67. The van der Waals surface area contributed by atoms with Gasteiger partial charge < -0.3 is 9.30 Å². The van der Waals surface area contributed by atoms with E-state index >= 15 is 0 Å². The number of fused-ring (bicyclic) bond motifs is 1. The molecule has 0 saturated heterocycles. The van der Waals surface area contributed by atoms with Crippen LogP contribution in [0.2, 0.25) is 0 Å². The number of ether oxygens (including phenoxy) is 1. The monoisotopic (exact) mass is 256 g/mol. The minimum atomic E-state index is -0.249. The maximum atomic E-state index is 11.9. The molecule has 1 aliphatic rings. The number of pyridine rings is 1. The summed E-state index contributed by atoms with van der Waals surface area (Å²) in [5.41, 5.74) is 3.89. The van der Waals surface area contributed by atoms with E-state index in [1.807, 2.05) is 24.4 Å². The average Bonchev–Trinajstić information content (AvgIpc) is 2.87. The van der Waals surface area contributed by atoms with Gasteiger partial charge in [-0.1, -0.05) is 0 Å². The fourth-order valence-corrected chi connectivity index (χ4v) is 2.72. The molecule has 1 aliphatic heterocycles. The van der Waals surface area contributed by atoms with Gasteiger partial charge in [-0.05, 0) is 37.5 Å². The molecule has 98 valence electrons. The lowest BCUT2D eigenvalue weighted by Gasteiger charge is -2.18. The molecule has 3 heterocycles. The highest BCUT2D eigenvalue weighted by Crippen LogP contribution is 2.30. The largest absolute Gasteiger partial charge is 0.465 e. The molecule has 0 unspecified atom stereocenters. The normalized spacial score (nSPS) is 13.9. The molecule has 0 aromatic carbocycles. The van der Waals surface area contributed by atoms with Gasteiger partial charge in [-0.15, -0.1) is 0 Å². The highest BCUT2D eigenvalue weighted by atomic mass is 16.5. The molecule has 0 N–H and O–H groups in total. The van der Waals surface area contributed by atoms with Gasteiger partial charge in [0.25, 0.3) is 0 Å². The molecular weight excluding hydrogens is 240 g/mol. The van der Waals surface area contributed by atoms with E-state index in [1.54, 1.807) is 6.20 Å². The molecule has 2 aromatic rings. The first-order valence-corrected chi connectivity index (χ1v) is 6.52. The number of esters is 1. The second kappa shape index (κ2) is 4.88. The van der Waals surface area contributed by atoms with Crippen LogP contribution in [0, 0.1) is 0 Å². The quantitative estimate of drug-likeness (QED) is 0.776. The van der Waals surface area contributed by atoms with Crippen LogP contribution < -0.4 is 0 Å². The van der Waals surface area contributed by atoms with Crippen LogP contribution in [0.3, 0.4) is 0 Å². The zero-order chi connectivity index (χ0) is 13.2. The Hall–Kier alpha value is -2.10. The van der Waals surface area contributed by atoms with Crippen LogP contribution in [0.4, 0.5) is 0 Å². The van der Waals surface area contributed by atoms with Crippen LogP contribution in [0.15, 0.2) is 30.6 Å². The number of hydrogen-bond acceptors (Lipinski definition) is 3. The van der Waals surface area contributed by atoms with Crippen molar-refractivity contribution in [3.05, 3.63) is 41.9 Å². The predicted molar refractivity (Wildman–Crippen MR) is 71.9 cm³/mol. The first-order chi connectivity index (χ1) is 9.31. The van der Waals surface area contributed by atoms with Gasteiger partial charge in [0, 0.05) is 30.2 Å². The maximum absolute atomic E-state index is 11.9. The Morgan fingerprint density at radius 1 is 1.42 bits per heavy atom. The van der Waals surface area contributed by atoms with Crippen molar-refractivity contribution in [1.29, 1.82) is 0 Å². The number of carbonyl (C=O) groups excluding carboxylic acids is 1. The van der Waals surface area contributed by atoms with Crippen molar-refractivity contribution in [3.8, 4) is 11.3 Å². The Kier molecular flexibility index (Phi) is 3.07. The van der Waals surface area contributed by atoms with Crippen molar-refractivity contribution in [2.75, 3.05) is 7.11 Å². The molecule has 4 nitrogen and oxygen atoms in total. The molecule has 0 amide bonds.